The van der Waals surface area contributed by atoms with Gasteiger partial charge in [0, 0.05) is 19.2 Å². The van der Waals surface area contributed by atoms with Crippen molar-refractivity contribution in [3.05, 3.63) is 46.5 Å². The van der Waals surface area contributed by atoms with Crippen LogP contribution in [0, 0.1) is 17.1 Å². The predicted molar refractivity (Wildman–Crippen MR) is 86.1 cm³/mol. The van der Waals surface area contributed by atoms with Gasteiger partial charge >= 0.3 is 6.18 Å². The van der Waals surface area contributed by atoms with E-state index >= 15 is 0 Å². The average molecular weight is 389 g/mol. The number of amides is 1. The lowest BCUT2D eigenvalue weighted by atomic mass is 10.1. The summed E-state index contributed by atoms with van der Waals surface area (Å²) in [5, 5.41) is 14.0. The number of halogens is 5. The highest BCUT2D eigenvalue weighted by Crippen LogP contribution is 2.35. The van der Waals surface area contributed by atoms with Crippen molar-refractivity contribution in [2.24, 2.45) is 0 Å². The van der Waals surface area contributed by atoms with E-state index in [1.807, 2.05) is 6.07 Å². The molecular weight excluding hydrogens is 376 g/mol. The summed E-state index contributed by atoms with van der Waals surface area (Å²) in [6.45, 7) is 0.469. The fourth-order valence-corrected chi connectivity index (χ4v) is 2.39. The zero-order chi connectivity index (χ0) is 19.3. The second kappa shape index (κ2) is 8.19. The summed E-state index contributed by atoms with van der Waals surface area (Å²) in [4.78, 5) is 12.2. The summed E-state index contributed by atoms with van der Waals surface area (Å²) in [5.41, 5.74) is -2.48. The molecule has 0 unspecified atom stereocenters. The number of aryl methyl sites for hydroxylation is 1. The van der Waals surface area contributed by atoms with Crippen LogP contribution in [0.2, 0.25) is 5.02 Å². The number of anilines is 1. The number of carbonyl (C=O) groups excluding carboxylic acids is 1. The average Bonchev–Trinajstić information content (AvgIpc) is 3.00. The molecule has 1 aromatic carbocycles. The van der Waals surface area contributed by atoms with E-state index in [-0.39, 0.29) is 5.69 Å². The number of hydrogen-bond acceptors (Lipinski definition) is 3. The Labute approximate surface area is 151 Å². The Kier molecular flexibility index (Phi) is 6.21. The molecule has 0 spiro atoms. The van der Waals surface area contributed by atoms with Crippen LogP contribution in [-0.2, 0) is 12.7 Å². The standard InChI is InChI=1S/C16H13ClF4N4O/c17-12-5-4-11(16(19,20)21)13(14(12)18)15(26)24-10-8-23-25(9-10)7-3-1-2-6-22/h4-5,8-9H,1-3,7H2,(H,24,26). The minimum Gasteiger partial charge on any atom is -0.319 e. The van der Waals surface area contributed by atoms with E-state index in [1.54, 1.807) is 0 Å². The van der Waals surface area contributed by atoms with Crippen LogP contribution in [0.25, 0.3) is 0 Å². The summed E-state index contributed by atoms with van der Waals surface area (Å²) in [7, 11) is 0. The number of aromatic nitrogens is 2. The number of alkyl halides is 3. The Hall–Kier alpha value is -2.60. The first-order valence-electron chi connectivity index (χ1n) is 7.50. The topological polar surface area (TPSA) is 70.7 Å². The van der Waals surface area contributed by atoms with Crippen molar-refractivity contribution < 1.29 is 22.4 Å². The Morgan fingerprint density at radius 3 is 2.73 bits per heavy atom. The molecule has 0 fully saturated rings. The zero-order valence-electron chi connectivity index (χ0n) is 13.3. The second-order valence-electron chi connectivity index (χ2n) is 5.34. The molecule has 0 saturated carbocycles. The third-order valence-electron chi connectivity index (χ3n) is 3.44. The molecule has 26 heavy (non-hydrogen) atoms. The highest BCUT2D eigenvalue weighted by Gasteiger charge is 2.37. The number of unbranched alkanes of at least 4 members (excludes halogenated alkanes) is 2. The number of hydrogen-bond donors (Lipinski definition) is 1. The summed E-state index contributed by atoms with van der Waals surface area (Å²) >= 11 is 5.51. The van der Waals surface area contributed by atoms with Gasteiger partial charge < -0.3 is 5.32 Å². The van der Waals surface area contributed by atoms with Crippen LogP contribution in [0.15, 0.2) is 24.5 Å². The van der Waals surface area contributed by atoms with Crippen molar-refractivity contribution in [1.82, 2.24) is 9.78 Å². The highest BCUT2D eigenvalue weighted by molar-refractivity contribution is 6.31. The van der Waals surface area contributed by atoms with E-state index in [2.05, 4.69) is 10.4 Å². The monoisotopic (exact) mass is 388 g/mol. The maximum Gasteiger partial charge on any atom is 0.417 e. The van der Waals surface area contributed by atoms with Crippen molar-refractivity contribution in [1.29, 1.82) is 5.26 Å². The lowest BCUT2D eigenvalue weighted by Gasteiger charge is -2.13. The lowest BCUT2D eigenvalue weighted by molar-refractivity contribution is -0.138. The van der Waals surface area contributed by atoms with Crippen molar-refractivity contribution in [2.45, 2.75) is 32.0 Å². The molecule has 0 saturated heterocycles. The fraction of sp³-hybridized carbons (Fsp3) is 0.312. The van der Waals surface area contributed by atoms with Crippen molar-refractivity contribution in [2.75, 3.05) is 5.32 Å². The summed E-state index contributed by atoms with van der Waals surface area (Å²) in [6.07, 6.45) is -0.537. The Balaban J connectivity index is 2.17. The van der Waals surface area contributed by atoms with Crippen LogP contribution in [0.3, 0.4) is 0 Å². The maximum absolute atomic E-state index is 14.1. The lowest BCUT2D eigenvalue weighted by Crippen LogP contribution is -2.20. The minimum absolute atomic E-state index is 0.114. The normalized spacial score (nSPS) is 11.2. The van der Waals surface area contributed by atoms with E-state index in [0.717, 1.165) is 6.07 Å². The van der Waals surface area contributed by atoms with Crippen LogP contribution in [0.5, 0.6) is 0 Å². The molecule has 5 nitrogen and oxygen atoms in total. The number of rotatable bonds is 6. The third-order valence-corrected chi connectivity index (χ3v) is 3.74. The number of carbonyl (C=O) groups is 1. The van der Waals surface area contributed by atoms with Gasteiger partial charge in [-0.2, -0.15) is 23.5 Å². The fourth-order valence-electron chi connectivity index (χ4n) is 2.23. The molecule has 0 radical (unpaired) electrons. The minimum atomic E-state index is -4.91. The number of benzene rings is 1. The molecular formula is C16H13ClF4N4O. The van der Waals surface area contributed by atoms with Gasteiger partial charge in [-0.3, -0.25) is 9.48 Å². The van der Waals surface area contributed by atoms with Gasteiger partial charge in [0.15, 0.2) is 5.82 Å². The van der Waals surface area contributed by atoms with E-state index < -0.39 is 34.1 Å². The Morgan fingerprint density at radius 2 is 2.08 bits per heavy atom. The Bertz CT molecular complexity index is 842. The Morgan fingerprint density at radius 1 is 1.35 bits per heavy atom. The van der Waals surface area contributed by atoms with Gasteiger partial charge in [-0.25, -0.2) is 4.39 Å². The molecule has 1 amide bonds. The first-order valence-corrected chi connectivity index (χ1v) is 7.87. The van der Waals surface area contributed by atoms with Crippen LogP contribution >= 0.6 is 11.6 Å². The van der Waals surface area contributed by atoms with Crippen molar-refractivity contribution in [3.8, 4) is 6.07 Å². The summed E-state index contributed by atoms with van der Waals surface area (Å²) in [6, 6.07) is 3.31. The van der Waals surface area contributed by atoms with Crippen LogP contribution < -0.4 is 5.32 Å². The maximum atomic E-state index is 14.1. The quantitative estimate of drug-likeness (QED) is 0.579. The first kappa shape index (κ1) is 19.7. The molecule has 2 rings (SSSR count). The zero-order valence-corrected chi connectivity index (χ0v) is 14.0. The van der Waals surface area contributed by atoms with E-state index in [9.17, 15) is 22.4 Å². The number of nitrogens with zero attached hydrogens (tertiary/aromatic N) is 3. The molecule has 0 bridgehead atoms. The number of nitrogens with one attached hydrogen (secondary N) is 1. The van der Waals surface area contributed by atoms with Crippen LogP contribution in [0.1, 0.15) is 35.2 Å². The largest absolute Gasteiger partial charge is 0.417 e. The molecule has 1 aromatic heterocycles. The van der Waals surface area contributed by atoms with Gasteiger partial charge in [0.1, 0.15) is 0 Å². The third kappa shape index (κ3) is 4.73. The molecule has 0 aliphatic rings. The number of nitriles is 1. The second-order valence-corrected chi connectivity index (χ2v) is 5.75. The molecule has 10 heteroatoms. The molecule has 1 heterocycles. The van der Waals surface area contributed by atoms with Gasteiger partial charge in [-0.15, -0.1) is 0 Å². The van der Waals surface area contributed by atoms with E-state index in [0.29, 0.717) is 31.9 Å². The van der Waals surface area contributed by atoms with Gasteiger partial charge in [0.25, 0.3) is 5.91 Å². The highest BCUT2D eigenvalue weighted by atomic mass is 35.5. The molecule has 0 aliphatic carbocycles. The van der Waals surface area contributed by atoms with Gasteiger partial charge in [0.2, 0.25) is 0 Å². The van der Waals surface area contributed by atoms with Crippen molar-refractivity contribution in [3.63, 3.8) is 0 Å². The van der Waals surface area contributed by atoms with Gasteiger partial charge in [-0.1, -0.05) is 11.6 Å². The van der Waals surface area contributed by atoms with Crippen molar-refractivity contribution >= 4 is 23.2 Å². The summed E-state index contributed by atoms with van der Waals surface area (Å²) < 4.78 is 54.6. The predicted octanol–water partition coefficient (Wildman–Crippen LogP) is 4.64. The molecule has 0 atom stereocenters. The molecule has 1 N–H and O–H groups in total. The molecule has 2 aromatic rings. The molecule has 138 valence electrons. The van der Waals surface area contributed by atoms with E-state index in [1.165, 1.54) is 17.1 Å². The SMILES string of the molecule is N#CCCCCn1cc(NC(=O)c2c(C(F)(F)F)ccc(Cl)c2F)cn1. The summed E-state index contributed by atoms with van der Waals surface area (Å²) in [5.74, 6) is -2.72. The van der Waals surface area contributed by atoms with Crippen LogP contribution in [0.4, 0.5) is 23.2 Å². The van der Waals surface area contributed by atoms with E-state index in [4.69, 9.17) is 16.9 Å². The molecule has 0 aliphatic heterocycles. The van der Waals surface area contributed by atoms with Gasteiger partial charge in [-0.05, 0) is 25.0 Å². The smallest absolute Gasteiger partial charge is 0.319 e. The van der Waals surface area contributed by atoms with Gasteiger partial charge in [0.05, 0.1) is 34.1 Å². The first-order chi connectivity index (χ1) is 12.2. The van der Waals surface area contributed by atoms with Crippen LogP contribution in [-0.4, -0.2) is 15.7 Å².